The maximum Gasteiger partial charge on any atom is 0.0483 e. The van der Waals surface area contributed by atoms with Crippen LogP contribution in [-0.2, 0) is 13.1 Å². The number of nitrogens with one attached hydrogen (secondary N) is 1. The third-order valence-corrected chi connectivity index (χ3v) is 3.34. The van der Waals surface area contributed by atoms with Crippen LogP contribution in [0.4, 0.5) is 0 Å². The van der Waals surface area contributed by atoms with Crippen molar-refractivity contribution < 1.29 is 0 Å². The van der Waals surface area contributed by atoms with Crippen molar-refractivity contribution in [2.45, 2.75) is 33.0 Å². The topological polar surface area (TPSA) is 20.2 Å². The SMILES string of the molecule is CC(C)NCc1ccc2ccn(CCN(C)C)c2c1. The minimum atomic E-state index is 0.524. The number of hydrogen-bond acceptors (Lipinski definition) is 2. The molecule has 0 saturated carbocycles. The normalized spacial score (nSPS) is 11.9. The zero-order valence-electron chi connectivity index (χ0n) is 12.5. The lowest BCUT2D eigenvalue weighted by Gasteiger charge is -2.12. The Labute approximate surface area is 116 Å². The van der Waals surface area contributed by atoms with E-state index in [1.165, 1.54) is 16.5 Å². The molecule has 0 aliphatic rings. The van der Waals surface area contributed by atoms with Gasteiger partial charge in [-0.1, -0.05) is 26.0 Å². The molecule has 3 heteroatoms. The maximum absolute atomic E-state index is 3.47. The van der Waals surface area contributed by atoms with Crippen LogP contribution in [0.5, 0.6) is 0 Å². The molecule has 0 unspecified atom stereocenters. The van der Waals surface area contributed by atoms with Gasteiger partial charge in [0, 0.05) is 37.4 Å². The Bertz CT molecular complexity index is 526. The van der Waals surface area contributed by atoms with E-state index < -0.39 is 0 Å². The summed E-state index contributed by atoms with van der Waals surface area (Å²) in [6.45, 7) is 7.40. The average molecular weight is 259 g/mol. The van der Waals surface area contributed by atoms with E-state index in [1.54, 1.807) is 0 Å². The molecule has 0 amide bonds. The van der Waals surface area contributed by atoms with E-state index in [0.717, 1.165) is 19.6 Å². The lowest BCUT2D eigenvalue weighted by atomic mass is 10.1. The van der Waals surface area contributed by atoms with Gasteiger partial charge in [0.25, 0.3) is 0 Å². The first kappa shape index (κ1) is 14.1. The molecule has 0 aliphatic heterocycles. The van der Waals surface area contributed by atoms with Crippen molar-refractivity contribution >= 4 is 10.9 Å². The molecule has 1 aromatic carbocycles. The number of rotatable bonds is 6. The van der Waals surface area contributed by atoms with Crippen LogP contribution in [0.1, 0.15) is 19.4 Å². The van der Waals surface area contributed by atoms with Crippen LogP contribution in [0.25, 0.3) is 10.9 Å². The van der Waals surface area contributed by atoms with E-state index in [-0.39, 0.29) is 0 Å². The smallest absolute Gasteiger partial charge is 0.0483 e. The molecule has 19 heavy (non-hydrogen) atoms. The van der Waals surface area contributed by atoms with Crippen LogP contribution in [0.15, 0.2) is 30.5 Å². The lowest BCUT2D eigenvalue weighted by Crippen LogP contribution is -2.21. The summed E-state index contributed by atoms with van der Waals surface area (Å²) in [6.07, 6.45) is 2.19. The Morgan fingerprint density at radius 2 is 2.00 bits per heavy atom. The van der Waals surface area contributed by atoms with Gasteiger partial charge >= 0.3 is 0 Å². The summed E-state index contributed by atoms with van der Waals surface area (Å²) in [4.78, 5) is 2.22. The van der Waals surface area contributed by atoms with Gasteiger partial charge < -0.3 is 14.8 Å². The zero-order chi connectivity index (χ0) is 13.8. The van der Waals surface area contributed by atoms with Crippen molar-refractivity contribution in [3.8, 4) is 0 Å². The number of fused-ring (bicyclic) bond motifs is 1. The van der Waals surface area contributed by atoms with Gasteiger partial charge in [-0.2, -0.15) is 0 Å². The highest BCUT2D eigenvalue weighted by molar-refractivity contribution is 5.80. The van der Waals surface area contributed by atoms with E-state index in [4.69, 9.17) is 0 Å². The zero-order valence-corrected chi connectivity index (χ0v) is 12.5. The number of benzene rings is 1. The van der Waals surface area contributed by atoms with Gasteiger partial charge in [-0.25, -0.2) is 0 Å². The predicted molar refractivity (Wildman–Crippen MR) is 82.5 cm³/mol. The second kappa shape index (κ2) is 6.22. The summed E-state index contributed by atoms with van der Waals surface area (Å²) in [7, 11) is 4.23. The molecule has 0 atom stereocenters. The van der Waals surface area contributed by atoms with E-state index in [9.17, 15) is 0 Å². The molecular formula is C16H25N3. The highest BCUT2D eigenvalue weighted by Crippen LogP contribution is 2.18. The first-order chi connectivity index (χ1) is 9.06. The van der Waals surface area contributed by atoms with Crippen molar-refractivity contribution in [2.75, 3.05) is 20.6 Å². The molecule has 0 radical (unpaired) electrons. The molecule has 0 fully saturated rings. The van der Waals surface area contributed by atoms with E-state index in [0.29, 0.717) is 6.04 Å². The highest BCUT2D eigenvalue weighted by Gasteiger charge is 2.03. The first-order valence-electron chi connectivity index (χ1n) is 7.02. The largest absolute Gasteiger partial charge is 0.346 e. The van der Waals surface area contributed by atoms with Gasteiger partial charge in [-0.05, 0) is 37.2 Å². The van der Waals surface area contributed by atoms with Crippen LogP contribution in [0.2, 0.25) is 0 Å². The molecule has 0 saturated heterocycles. The molecule has 2 rings (SSSR count). The van der Waals surface area contributed by atoms with Crippen LogP contribution < -0.4 is 5.32 Å². The third kappa shape index (κ3) is 3.82. The Balaban J connectivity index is 2.17. The van der Waals surface area contributed by atoms with Crippen LogP contribution >= 0.6 is 0 Å². The minimum absolute atomic E-state index is 0.524. The second-order valence-corrected chi connectivity index (χ2v) is 5.74. The quantitative estimate of drug-likeness (QED) is 0.860. The first-order valence-corrected chi connectivity index (χ1v) is 7.02. The molecule has 3 nitrogen and oxygen atoms in total. The summed E-state index contributed by atoms with van der Waals surface area (Å²) >= 11 is 0. The maximum atomic E-state index is 3.47. The Morgan fingerprint density at radius 3 is 2.68 bits per heavy atom. The molecule has 1 aromatic heterocycles. The van der Waals surface area contributed by atoms with Gasteiger partial charge in [-0.15, -0.1) is 0 Å². The third-order valence-electron chi connectivity index (χ3n) is 3.34. The number of aromatic nitrogens is 1. The van der Waals surface area contributed by atoms with Crippen molar-refractivity contribution in [3.63, 3.8) is 0 Å². The highest BCUT2D eigenvalue weighted by atomic mass is 15.1. The van der Waals surface area contributed by atoms with Crippen molar-refractivity contribution in [3.05, 3.63) is 36.0 Å². The molecule has 0 bridgehead atoms. The lowest BCUT2D eigenvalue weighted by molar-refractivity contribution is 0.387. The van der Waals surface area contributed by atoms with Crippen LogP contribution in [-0.4, -0.2) is 36.1 Å². The Kier molecular flexibility index (Phi) is 4.61. The number of likely N-dealkylation sites (N-methyl/N-ethyl adjacent to an activating group) is 1. The van der Waals surface area contributed by atoms with Gasteiger partial charge in [-0.3, -0.25) is 0 Å². The molecule has 0 aliphatic carbocycles. The summed E-state index contributed by atoms with van der Waals surface area (Å²) in [5.74, 6) is 0. The van der Waals surface area contributed by atoms with Gasteiger partial charge in [0.1, 0.15) is 0 Å². The van der Waals surface area contributed by atoms with E-state index in [2.05, 4.69) is 73.2 Å². The molecule has 104 valence electrons. The fourth-order valence-electron chi connectivity index (χ4n) is 2.16. The monoisotopic (exact) mass is 259 g/mol. The fourth-order valence-corrected chi connectivity index (χ4v) is 2.16. The Hall–Kier alpha value is -1.32. The van der Waals surface area contributed by atoms with Gasteiger partial charge in [0.2, 0.25) is 0 Å². The molecular weight excluding hydrogens is 234 g/mol. The summed E-state index contributed by atoms with van der Waals surface area (Å²) < 4.78 is 2.34. The summed E-state index contributed by atoms with van der Waals surface area (Å²) in [5, 5.41) is 4.80. The van der Waals surface area contributed by atoms with Crippen LogP contribution in [0, 0.1) is 0 Å². The summed E-state index contributed by atoms with van der Waals surface area (Å²) in [6, 6.07) is 9.47. The second-order valence-electron chi connectivity index (χ2n) is 5.74. The van der Waals surface area contributed by atoms with E-state index >= 15 is 0 Å². The molecule has 1 N–H and O–H groups in total. The molecule has 1 heterocycles. The minimum Gasteiger partial charge on any atom is -0.346 e. The summed E-state index contributed by atoms with van der Waals surface area (Å²) in [5.41, 5.74) is 2.69. The average Bonchev–Trinajstić information content (AvgIpc) is 2.76. The standard InChI is InChI=1S/C16H25N3/c1-13(2)17-12-14-5-6-15-7-8-19(16(15)11-14)10-9-18(3)4/h5-8,11,13,17H,9-10,12H2,1-4H3. The Morgan fingerprint density at radius 1 is 1.21 bits per heavy atom. The number of hydrogen-bond donors (Lipinski definition) is 1. The van der Waals surface area contributed by atoms with E-state index in [1.807, 2.05) is 0 Å². The van der Waals surface area contributed by atoms with Crippen molar-refractivity contribution in [1.82, 2.24) is 14.8 Å². The van der Waals surface area contributed by atoms with Gasteiger partial charge in [0.15, 0.2) is 0 Å². The fraction of sp³-hybridized carbons (Fsp3) is 0.500. The van der Waals surface area contributed by atoms with Crippen molar-refractivity contribution in [2.24, 2.45) is 0 Å². The van der Waals surface area contributed by atoms with Crippen molar-refractivity contribution in [1.29, 1.82) is 0 Å². The van der Waals surface area contributed by atoms with Crippen LogP contribution in [0.3, 0.4) is 0 Å². The molecule has 2 aromatic rings. The predicted octanol–water partition coefficient (Wildman–Crippen LogP) is 2.70. The number of nitrogens with zero attached hydrogens (tertiary/aromatic N) is 2. The molecule has 0 spiro atoms. The van der Waals surface area contributed by atoms with Gasteiger partial charge in [0.05, 0.1) is 0 Å².